The SMILES string of the molecule is CCOC(=O)C#Cc1ccc(-c2ccc(-c3onc(C)c3NC(C)CCc3cccc(C(F)(F)F)c3)cc2)cc1. The molecule has 1 atom stereocenters. The van der Waals surface area contributed by atoms with Crippen molar-refractivity contribution in [2.45, 2.75) is 45.8 Å². The molecule has 0 amide bonds. The topological polar surface area (TPSA) is 64.4 Å². The highest BCUT2D eigenvalue weighted by Gasteiger charge is 2.30. The maximum Gasteiger partial charge on any atom is 0.416 e. The van der Waals surface area contributed by atoms with E-state index in [-0.39, 0.29) is 12.6 Å². The van der Waals surface area contributed by atoms with E-state index in [9.17, 15) is 18.0 Å². The number of nitrogens with zero attached hydrogens (tertiary/aromatic N) is 1. The third-order valence-corrected chi connectivity index (χ3v) is 6.32. The highest BCUT2D eigenvalue weighted by Crippen LogP contribution is 2.34. The molecule has 5 nitrogen and oxygen atoms in total. The molecule has 8 heteroatoms. The molecule has 0 spiro atoms. The first-order valence-electron chi connectivity index (χ1n) is 12.9. The molecular weight excluding hydrogens is 517 g/mol. The largest absolute Gasteiger partial charge is 0.456 e. The number of alkyl halides is 3. The summed E-state index contributed by atoms with van der Waals surface area (Å²) in [4.78, 5) is 11.4. The molecule has 4 aromatic rings. The Balaban J connectivity index is 1.42. The number of carbonyl (C=O) groups excluding carboxylic acids is 1. The summed E-state index contributed by atoms with van der Waals surface area (Å²) in [5.74, 6) is 5.29. The molecule has 0 fully saturated rings. The minimum absolute atomic E-state index is 0.0314. The summed E-state index contributed by atoms with van der Waals surface area (Å²) >= 11 is 0. The van der Waals surface area contributed by atoms with Crippen LogP contribution in [0.15, 0.2) is 77.3 Å². The fraction of sp³-hybridized carbons (Fsp3) is 0.250. The summed E-state index contributed by atoms with van der Waals surface area (Å²) in [7, 11) is 0. The number of anilines is 1. The first-order chi connectivity index (χ1) is 19.1. The van der Waals surface area contributed by atoms with Crippen LogP contribution < -0.4 is 5.32 Å². The molecule has 206 valence electrons. The number of aryl methyl sites for hydroxylation is 2. The lowest BCUT2D eigenvalue weighted by Gasteiger charge is -2.16. The monoisotopic (exact) mass is 546 g/mol. The molecule has 0 aliphatic rings. The van der Waals surface area contributed by atoms with Gasteiger partial charge in [0.2, 0.25) is 0 Å². The van der Waals surface area contributed by atoms with Crippen LogP contribution in [0.4, 0.5) is 18.9 Å². The van der Waals surface area contributed by atoms with Gasteiger partial charge in [-0.3, -0.25) is 0 Å². The van der Waals surface area contributed by atoms with Crippen molar-refractivity contribution in [1.82, 2.24) is 5.16 Å². The lowest BCUT2D eigenvalue weighted by molar-refractivity contribution is -0.138. The van der Waals surface area contributed by atoms with E-state index < -0.39 is 17.7 Å². The van der Waals surface area contributed by atoms with Crippen molar-refractivity contribution in [3.63, 3.8) is 0 Å². The number of hydrogen-bond acceptors (Lipinski definition) is 5. The second-order valence-electron chi connectivity index (χ2n) is 9.38. The van der Waals surface area contributed by atoms with Crippen molar-refractivity contribution in [2.24, 2.45) is 0 Å². The predicted molar refractivity (Wildman–Crippen MR) is 148 cm³/mol. The van der Waals surface area contributed by atoms with Gasteiger partial charge < -0.3 is 14.6 Å². The van der Waals surface area contributed by atoms with Gasteiger partial charge >= 0.3 is 12.1 Å². The Hall–Kier alpha value is -4.51. The molecule has 40 heavy (non-hydrogen) atoms. The molecule has 0 aliphatic heterocycles. The zero-order chi connectivity index (χ0) is 28.7. The molecule has 0 saturated heterocycles. The molecule has 0 aliphatic carbocycles. The first kappa shape index (κ1) is 28.5. The van der Waals surface area contributed by atoms with Gasteiger partial charge in [-0.1, -0.05) is 65.7 Å². The van der Waals surface area contributed by atoms with Gasteiger partial charge in [-0.2, -0.15) is 13.2 Å². The number of rotatable bonds is 8. The Morgan fingerprint density at radius 3 is 2.33 bits per heavy atom. The third-order valence-electron chi connectivity index (χ3n) is 6.32. The zero-order valence-electron chi connectivity index (χ0n) is 22.4. The van der Waals surface area contributed by atoms with E-state index >= 15 is 0 Å². The zero-order valence-corrected chi connectivity index (χ0v) is 22.4. The predicted octanol–water partition coefficient (Wildman–Crippen LogP) is 7.68. The van der Waals surface area contributed by atoms with Crippen LogP contribution in [0.5, 0.6) is 0 Å². The van der Waals surface area contributed by atoms with Crippen LogP contribution in [0.25, 0.3) is 22.5 Å². The number of carbonyl (C=O) groups is 1. The summed E-state index contributed by atoms with van der Waals surface area (Å²) in [6.07, 6.45) is -3.22. The van der Waals surface area contributed by atoms with Crippen LogP contribution in [0.1, 0.15) is 42.7 Å². The van der Waals surface area contributed by atoms with Crippen molar-refractivity contribution < 1.29 is 27.2 Å². The molecule has 1 heterocycles. The van der Waals surface area contributed by atoms with E-state index in [1.54, 1.807) is 13.0 Å². The van der Waals surface area contributed by atoms with Gasteiger partial charge in [0, 0.05) is 23.1 Å². The van der Waals surface area contributed by atoms with Crippen molar-refractivity contribution >= 4 is 11.7 Å². The van der Waals surface area contributed by atoms with E-state index in [1.807, 2.05) is 62.4 Å². The summed E-state index contributed by atoms with van der Waals surface area (Å²) < 4.78 is 49.5. The number of esters is 1. The molecule has 0 bridgehead atoms. The Morgan fingerprint density at radius 1 is 1.02 bits per heavy atom. The summed E-state index contributed by atoms with van der Waals surface area (Å²) in [5.41, 5.74) is 5.00. The van der Waals surface area contributed by atoms with Gasteiger partial charge in [-0.05, 0) is 68.5 Å². The second kappa shape index (κ2) is 12.6. The minimum atomic E-state index is -4.35. The van der Waals surface area contributed by atoms with Gasteiger partial charge in [0.05, 0.1) is 12.2 Å². The smallest absolute Gasteiger partial charge is 0.416 e. The Morgan fingerprint density at radius 2 is 1.68 bits per heavy atom. The molecule has 1 aromatic heterocycles. The van der Waals surface area contributed by atoms with E-state index in [2.05, 4.69) is 22.3 Å². The Kier molecular flexibility index (Phi) is 8.95. The van der Waals surface area contributed by atoms with Crippen LogP contribution in [0.3, 0.4) is 0 Å². The van der Waals surface area contributed by atoms with Crippen molar-refractivity contribution in [1.29, 1.82) is 0 Å². The average molecular weight is 547 g/mol. The van der Waals surface area contributed by atoms with E-state index in [1.165, 1.54) is 12.1 Å². The average Bonchev–Trinajstić information content (AvgIpc) is 3.30. The molecule has 3 aromatic carbocycles. The minimum Gasteiger partial charge on any atom is -0.456 e. The number of benzene rings is 3. The number of ether oxygens (including phenoxy) is 1. The summed E-state index contributed by atoms with van der Waals surface area (Å²) in [6, 6.07) is 20.8. The molecule has 0 radical (unpaired) electrons. The molecular formula is C32H29F3N2O3. The normalized spacial score (nSPS) is 11.8. The summed E-state index contributed by atoms with van der Waals surface area (Å²) in [6.45, 7) is 5.84. The third kappa shape index (κ3) is 7.32. The standard InChI is InChI=1S/C32H29F3N2O3/c1-4-39-29(38)19-12-23-10-13-25(14-11-23)26-15-17-27(18-16-26)31-30(22(3)37-40-31)36-21(2)8-9-24-6-5-7-28(20-24)32(33,34)35/h5-7,10-11,13-18,20-21,36H,4,8-9H2,1-3H3. The van der Waals surface area contributed by atoms with Crippen LogP contribution in [-0.2, 0) is 22.1 Å². The number of halogens is 3. The van der Waals surface area contributed by atoms with Gasteiger partial charge in [-0.25, -0.2) is 4.79 Å². The van der Waals surface area contributed by atoms with Crippen LogP contribution in [-0.4, -0.2) is 23.8 Å². The van der Waals surface area contributed by atoms with Gasteiger partial charge in [0.15, 0.2) is 5.76 Å². The number of hydrogen-bond donors (Lipinski definition) is 1. The Bertz CT molecular complexity index is 1510. The molecule has 1 unspecified atom stereocenters. The van der Waals surface area contributed by atoms with Crippen LogP contribution in [0, 0.1) is 18.8 Å². The summed E-state index contributed by atoms with van der Waals surface area (Å²) in [5, 5.41) is 7.55. The highest BCUT2D eigenvalue weighted by molar-refractivity contribution is 5.89. The second-order valence-corrected chi connectivity index (χ2v) is 9.38. The highest BCUT2D eigenvalue weighted by atomic mass is 19.4. The first-order valence-corrected chi connectivity index (χ1v) is 12.9. The van der Waals surface area contributed by atoms with E-state index in [0.717, 1.165) is 28.4 Å². The van der Waals surface area contributed by atoms with Gasteiger partial charge in [-0.15, -0.1) is 0 Å². The maximum absolute atomic E-state index is 13.0. The fourth-order valence-electron chi connectivity index (χ4n) is 4.19. The number of nitrogens with one attached hydrogen (secondary N) is 1. The fourth-order valence-corrected chi connectivity index (χ4v) is 4.19. The van der Waals surface area contributed by atoms with Gasteiger partial charge in [0.1, 0.15) is 11.4 Å². The number of aromatic nitrogens is 1. The van der Waals surface area contributed by atoms with E-state index in [4.69, 9.17) is 9.26 Å². The van der Waals surface area contributed by atoms with E-state index in [0.29, 0.717) is 35.4 Å². The van der Waals surface area contributed by atoms with Crippen LogP contribution >= 0.6 is 0 Å². The lowest BCUT2D eigenvalue weighted by Crippen LogP contribution is -2.17. The van der Waals surface area contributed by atoms with Gasteiger partial charge in [0.25, 0.3) is 0 Å². The lowest BCUT2D eigenvalue weighted by atomic mass is 10.0. The molecule has 1 N–H and O–H groups in total. The van der Waals surface area contributed by atoms with Crippen molar-refractivity contribution in [3.05, 3.63) is 95.2 Å². The van der Waals surface area contributed by atoms with Crippen LogP contribution in [0.2, 0.25) is 0 Å². The molecule has 4 rings (SSSR count). The van der Waals surface area contributed by atoms with Crippen molar-refractivity contribution in [2.75, 3.05) is 11.9 Å². The molecule has 0 saturated carbocycles. The Labute approximate surface area is 231 Å². The quantitative estimate of drug-likeness (QED) is 0.181. The van der Waals surface area contributed by atoms with Crippen molar-refractivity contribution in [3.8, 4) is 34.3 Å². The maximum atomic E-state index is 13.0.